The quantitative estimate of drug-likeness (QED) is 0.870. The van der Waals surface area contributed by atoms with Gasteiger partial charge in [-0.3, -0.25) is 0 Å². The van der Waals surface area contributed by atoms with Crippen LogP contribution in [0.15, 0.2) is 6.07 Å². The molecular weight excluding hydrogens is 234 g/mol. The maximum absolute atomic E-state index is 6.39. The molecule has 1 aliphatic heterocycles. The van der Waals surface area contributed by atoms with Crippen LogP contribution in [0.1, 0.15) is 36.5 Å². The highest BCUT2D eigenvalue weighted by Gasteiger charge is 2.34. The Morgan fingerprint density at radius 2 is 2.12 bits per heavy atom. The average molecular weight is 254 g/mol. The lowest BCUT2D eigenvalue weighted by atomic mass is 9.87. The highest BCUT2D eigenvalue weighted by Crippen LogP contribution is 2.42. The predicted molar refractivity (Wildman–Crippen MR) is 72.1 cm³/mol. The Balaban J connectivity index is 2.60. The summed E-state index contributed by atoms with van der Waals surface area (Å²) < 4.78 is 5.52. The van der Waals surface area contributed by atoms with Crippen LogP contribution in [-0.4, -0.2) is 13.7 Å². The fourth-order valence-electron chi connectivity index (χ4n) is 2.59. The van der Waals surface area contributed by atoms with Gasteiger partial charge in [-0.05, 0) is 51.3 Å². The normalized spacial score (nSPS) is 24.1. The van der Waals surface area contributed by atoms with Gasteiger partial charge >= 0.3 is 0 Å². The molecular formula is C14H20ClNO. The molecule has 1 heterocycles. The fraction of sp³-hybridized carbons (Fsp3) is 0.571. The monoisotopic (exact) mass is 253 g/mol. The maximum Gasteiger partial charge on any atom is 0.142 e. The van der Waals surface area contributed by atoms with Crippen molar-refractivity contribution >= 4 is 11.6 Å². The van der Waals surface area contributed by atoms with Crippen LogP contribution >= 0.6 is 11.6 Å². The zero-order valence-electron chi connectivity index (χ0n) is 11.0. The van der Waals surface area contributed by atoms with E-state index >= 15 is 0 Å². The third-order valence-corrected chi connectivity index (χ3v) is 4.35. The summed E-state index contributed by atoms with van der Waals surface area (Å²) in [7, 11) is 1.69. The molecule has 1 unspecified atom stereocenters. The Morgan fingerprint density at radius 3 is 2.65 bits per heavy atom. The summed E-state index contributed by atoms with van der Waals surface area (Å²) in [5, 5.41) is 4.31. The zero-order valence-corrected chi connectivity index (χ0v) is 11.7. The molecule has 0 saturated carbocycles. The number of benzene rings is 1. The number of aryl methyl sites for hydroxylation is 1. The third kappa shape index (κ3) is 2.04. The van der Waals surface area contributed by atoms with E-state index in [4.69, 9.17) is 16.3 Å². The smallest absolute Gasteiger partial charge is 0.142 e. The standard InChI is InChI=1S/C14H20ClNO/c1-9-8-11(14(3)6-5-7-16-14)13(17-4)12(15)10(9)2/h8,16H,5-7H2,1-4H3. The van der Waals surface area contributed by atoms with Gasteiger partial charge in [-0.2, -0.15) is 0 Å². The SMILES string of the molecule is COc1c(C2(C)CCCN2)cc(C)c(C)c1Cl. The number of rotatable bonds is 2. The molecule has 1 atom stereocenters. The number of ether oxygens (including phenoxy) is 1. The van der Waals surface area contributed by atoms with Crippen molar-refractivity contribution in [3.8, 4) is 5.75 Å². The van der Waals surface area contributed by atoms with E-state index in [-0.39, 0.29) is 5.54 Å². The van der Waals surface area contributed by atoms with Gasteiger partial charge in [-0.15, -0.1) is 0 Å². The molecule has 0 bridgehead atoms. The van der Waals surface area contributed by atoms with Crippen molar-refractivity contribution in [2.75, 3.05) is 13.7 Å². The second kappa shape index (κ2) is 4.51. The molecule has 1 aromatic rings. The molecule has 0 aromatic heterocycles. The zero-order chi connectivity index (χ0) is 12.6. The van der Waals surface area contributed by atoms with E-state index in [1.165, 1.54) is 17.5 Å². The summed E-state index contributed by atoms with van der Waals surface area (Å²) in [5.74, 6) is 0.826. The maximum atomic E-state index is 6.39. The summed E-state index contributed by atoms with van der Waals surface area (Å²) in [6.07, 6.45) is 2.33. The van der Waals surface area contributed by atoms with Crippen molar-refractivity contribution in [1.82, 2.24) is 5.32 Å². The molecule has 1 aliphatic rings. The lowest BCUT2D eigenvalue weighted by molar-refractivity contribution is 0.370. The first-order valence-electron chi connectivity index (χ1n) is 6.09. The van der Waals surface area contributed by atoms with Gasteiger partial charge in [0.05, 0.1) is 12.1 Å². The van der Waals surface area contributed by atoms with E-state index in [0.717, 1.165) is 29.3 Å². The minimum Gasteiger partial charge on any atom is -0.495 e. The van der Waals surface area contributed by atoms with E-state index in [0.29, 0.717) is 0 Å². The minimum atomic E-state index is -0.00650. The van der Waals surface area contributed by atoms with Crippen LogP contribution in [0.3, 0.4) is 0 Å². The molecule has 1 N–H and O–H groups in total. The minimum absolute atomic E-state index is 0.00650. The van der Waals surface area contributed by atoms with Crippen LogP contribution in [0.2, 0.25) is 5.02 Å². The largest absolute Gasteiger partial charge is 0.495 e. The number of hydrogen-bond donors (Lipinski definition) is 1. The van der Waals surface area contributed by atoms with E-state index in [1.807, 2.05) is 6.92 Å². The number of methoxy groups -OCH3 is 1. The molecule has 2 rings (SSSR count). The Kier molecular flexibility index (Phi) is 3.37. The molecule has 1 aromatic carbocycles. The molecule has 0 aliphatic carbocycles. The average Bonchev–Trinajstić information content (AvgIpc) is 2.74. The van der Waals surface area contributed by atoms with Crippen LogP contribution in [-0.2, 0) is 5.54 Å². The van der Waals surface area contributed by atoms with Crippen LogP contribution in [0, 0.1) is 13.8 Å². The predicted octanol–water partition coefficient (Wildman–Crippen LogP) is 3.56. The molecule has 0 radical (unpaired) electrons. The van der Waals surface area contributed by atoms with Crippen molar-refractivity contribution in [2.24, 2.45) is 0 Å². The lowest BCUT2D eigenvalue weighted by Gasteiger charge is -2.28. The molecule has 0 amide bonds. The summed E-state index contributed by atoms with van der Waals surface area (Å²) >= 11 is 6.39. The van der Waals surface area contributed by atoms with Gasteiger partial charge in [0.15, 0.2) is 0 Å². The molecule has 0 spiro atoms. The summed E-state index contributed by atoms with van der Waals surface area (Å²) in [6, 6.07) is 2.21. The van der Waals surface area contributed by atoms with E-state index in [1.54, 1.807) is 7.11 Å². The number of hydrogen-bond acceptors (Lipinski definition) is 2. The Hall–Kier alpha value is -0.730. The number of halogens is 1. The van der Waals surface area contributed by atoms with Gasteiger partial charge in [-0.25, -0.2) is 0 Å². The van der Waals surface area contributed by atoms with Gasteiger partial charge in [0.25, 0.3) is 0 Å². The van der Waals surface area contributed by atoms with Crippen molar-refractivity contribution in [3.05, 3.63) is 27.8 Å². The second-order valence-corrected chi connectivity index (χ2v) is 5.45. The topological polar surface area (TPSA) is 21.3 Å². The van der Waals surface area contributed by atoms with E-state index in [2.05, 4.69) is 25.2 Å². The third-order valence-electron chi connectivity index (χ3n) is 3.89. The Morgan fingerprint density at radius 1 is 1.41 bits per heavy atom. The fourth-order valence-corrected chi connectivity index (χ4v) is 2.91. The lowest BCUT2D eigenvalue weighted by Crippen LogP contribution is -2.33. The van der Waals surface area contributed by atoms with E-state index in [9.17, 15) is 0 Å². The molecule has 1 fully saturated rings. The molecule has 2 nitrogen and oxygen atoms in total. The molecule has 3 heteroatoms. The molecule has 94 valence electrons. The van der Waals surface area contributed by atoms with Crippen LogP contribution in [0.4, 0.5) is 0 Å². The first-order chi connectivity index (χ1) is 7.99. The summed E-state index contributed by atoms with van der Waals surface area (Å²) in [6.45, 7) is 7.42. The van der Waals surface area contributed by atoms with Gasteiger partial charge in [0.2, 0.25) is 0 Å². The van der Waals surface area contributed by atoms with Crippen molar-refractivity contribution < 1.29 is 4.74 Å². The first-order valence-corrected chi connectivity index (χ1v) is 6.46. The van der Waals surface area contributed by atoms with Gasteiger partial charge in [0, 0.05) is 11.1 Å². The van der Waals surface area contributed by atoms with Crippen LogP contribution in [0.5, 0.6) is 5.75 Å². The van der Waals surface area contributed by atoms with Crippen molar-refractivity contribution in [1.29, 1.82) is 0 Å². The van der Waals surface area contributed by atoms with Gasteiger partial charge < -0.3 is 10.1 Å². The van der Waals surface area contributed by atoms with Crippen molar-refractivity contribution in [3.63, 3.8) is 0 Å². The Bertz CT molecular complexity index is 436. The summed E-state index contributed by atoms with van der Waals surface area (Å²) in [5.41, 5.74) is 3.51. The van der Waals surface area contributed by atoms with Crippen LogP contribution in [0.25, 0.3) is 0 Å². The molecule has 17 heavy (non-hydrogen) atoms. The Labute approximate surface area is 108 Å². The molecule has 1 saturated heterocycles. The highest BCUT2D eigenvalue weighted by molar-refractivity contribution is 6.33. The van der Waals surface area contributed by atoms with Gasteiger partial charge in [0.1, 0.15) is 5.75 Å². The van der Waals surface area contributed by atoms with Crippen LogP contribution < -0.4 is 10.1 Å². The second-order valence-electron chi connectivity index (χ2n) is 5.08. The van der Waals surface area contributed by atoms with Gasteiger partial charge in [-0.1, -0.05) is 17.7 Å². The van der Waals surface area contributed by atoms with E-state index < -0.39 is 0 Å². The first kappa shape index (κ1) is 12.7. The highest BCUT2D eigenvalue weighted by atomic mass is 35.5. The summed E-state index contributed by atoms with van der Waals surface area (Å²) in [4.78, 5) is 0. The van der Waals surface area contributed by atoms with Crippen molar-refractivity contribution in [2.45, 2.75) is 39.2 Å². The number of nitrogens with one attached hydrogen (secondary N) is 1.